The van der Waals surface area contributed by atoms with Crippen molar-refractivity contribution in [2.24, 2.45) is 0 Å². The molecule has 3 aromatic rings. The van der Waals surface area contributed by atoms with Gasteiger partial charge in [0.25, 0.3) is 11.8 Å². The molecule has 0 spiro atoms. The number of benzene rings is 2. The maximum Gasteiger partial charge on any atom is 0.286 e. The van der Waals surface area contributed by atoms with Gasteiger partial charge >= 0.3 is 0 Å². The van der Waals surface area contributed by atoms with Crippen molar-refractivity contribution in [1.82, 2.24) is 15.1 Å². The summed E-state index contributed by atoms with van der Waals surface area (Å²) in [5.74, 6) is 0.227. The molecule has 0 saturated carbocycles. The van der Waals surface area contributed by atoms with Crippen LogP contribution in [0.2, 0.25) is 5.02 Å². The largest absolute Gasteiger partial charge is 0.496 e. The number of nitrogens with one attached hydrogen (secondary N) is 1. The Morgan fingerprint density at radius 3 is 2.71 bits per heavy atom. The average Bonchev–Trinajstić information content (AvgIpc) is 3.31. The van der Waals surface area contributed by atoms with Crippen LogP contribution in [-0.4, -0.2) is 47.1 Å². The molecule has 2 amide bonds. The van der Waals surface area contributed by atoms with Crippen molar-refractivity contribution in [3.63, 3.8) is 0 Å². The highest BCUT2D eigenvalue weighted by molar-refractivity contribution is 7.13. The first-order valence-electron chi connectivity index (χ1n) is 9.88. The number of hydrogen-bond donors (Lipinski definition) is 1. The molecule has 1 aliphatic heterocycles. The summed E-state index contributed by atoms with van der Waals surface area (Å²) in [5, 5.41) is 12.8. The lowest BCUT2D eigenvalue weighted by molar-refractivity contribution is 0.0703. The highest BCUT2D eigenvalue weighted by Crippen LogP contribution is 2.31. The van der Waals surface area contributed by atoms with Crippen LogP contribution in [0.4, 0.5) is 5.69 Å². The van der Waals surface area contributed by atoms with E-state index >= 15 is 0 Å². The Bertz CT molecular complexity index is 1090. The van der Waals surface area contributed by atoms with Crippen LogP contribution in [0.3, 0.4) is 0 Å². The van der Waals surface area contributed by atoms with Gasteiger partial charge in [0, 0.05) is 29.7 Å². The van der Waals surface area contributed by atoms with Crippen LogP contribution >= 0.6 is 22.9 Å². The summed E-state index contributed by atoms with van der Waals surface area (Å²) in [6, 6.07) is 14.1. The normalized spacial score (nSPS) is 16.1. The summed E-state index contributed by atoms with van der Waals surface area (Å²) in [6.07, 6.45) is 1.75. The average molecular weight is 457 g/mol. The highest BCUT2D eigenvalue weighted by Gasteiger charge is 2.29. The summed E-state index contributed by atoms with van der Waals surface area (Å²) < 4.78 is 5.33. The zero-order valence-corrected chi connectivity index (χ0v) is 18.4. The number of rotatable bonds is 5. The molecular formula is C22H21ClN4O3S. The van der Waals surface area contributed by atoms with E-state index in [0.717, 1.165) is 17.8 Å². The summed E-state index contributed by atoms with van der Waals surface area (Å²) in [5.41, 5.74) is 1.18. The van der Waals surface area contributed by atoms with Crippen molar-refractivity contribution in [1.29, 1.82) is 0 Å². The van der Waals surface area contributed by atoms with Gasteiger partial charge in [-0.25, -0.2) is 0 Å². The van der Waals surface area contributed by atoms with Gasteiger partial charge in [0.2, 0.25) is 5.01 Å². The molecule has 1 aliphatic rings. The fourth-order valence-electron chi connectivity index (χ4n) is 3.56. The minimum Gasteiger partial charge on any atom is -0.496 e. The van der Waals surface area contributed by atoms with Crippen molar-refractivity contribution in [3.05, 3.63) is 69.1 Å². The van der Waals surface area contributed by atoms with Crippen LogP contribution in [-0.2, 0) is 0 Å². The van der Waals surface area contributed by atoms with E-state index in [4.69, 9.17) is 16.3 Å². The minimum atomic E-state index is -0.316. The van der Waals surface area contributed by atoms with Crippen LogP contribution < -0.4 is 10.1 Å². The zero-order chi connectivity index (χ0) is 21.8. The van der Waals surface area contributed by atoms with Crippen molar-refractivity contribution in [3.8, 4) is 5.75 Å². The summed E-state index contributed by atoms with van der Waals surface area (Å²) >= 11 is 7.14. The van der Waals surface area contributed by atoms with Gasteiger partial charge in [-0.05, 0) is 49.2 Å². The number of ether oxygens (including phenoxy) is 1. The molecule has 1 saturated heterocycles. The number of halogens is 1. The van der Waals surface area contributed by atoms with Crippen LogP contribution in [0.5, 0.6) is 5.75 Å². The lowest BCUT2D eigenvalue weighted by atomic mass is 9.98. The Labute approximate surface area is 189 Å². The summed E-state index contributed by atoms with van der Waals surface area (Å²) in [6.45, 7) is 1.21. The number of para-hydroxylation sites is 1. The van der Waals surface area contributed by atoms with E-state index in [-0.39, 0.29) is 22.7 Å². The van der Waals surface area contributed by atoms with Crippen LogP contribution in [0.1, 0.15) is 43.9 Å². The van der Waals surface area contributed by atoms with E-state index in [1.165, 1.54) is 11.3 Å². The maximum absolute atomic E-state index is 13.0. The van der Waals surface area contributed by atoms with Gasteiger partial charge in [-0.15, -0.1) is 10.2 Å². The van der Waals surface area contributed by atoms with Crippen molar-refractivity contribution >= 4 is 40.4 Å². The minimum absolute atomic E-state index is 0.0435. The molecule has 7 nitrogen and oxygen atoms in total. The van der Waals surface area contributed by atoms with E-state index in [1.54, 1.807) is 43.5 Å². The quantitative estimate of drug-likeness (QED) is 0.612. The number of methoxy groups -OCH3 is 1. The summed E-state index contributed by atoms with van der Waals surface area (Å²) in [4.78, 5) is 27.4. The van der Waals surface area contributed by atoms with E-state index in [2.05, 4.69) is 15.5 Å². The van der Waals surface area contributed by atoms with E-state index in [9.17, 15) is 9.59 Å². The number of carbonyl (C=O) groups excluding carboxylic acids is 2. The molecule has 1 fully saturated rings. The Kier molecular flexibility index (Phi) is 6.48. The van der Waals surface area contributed by atoms with E-state index < -0.39 is 0 Å². The molecule has 4 rings (SSSR count). The fourth-order valence-corrected chi connectivity index (χ4v) is 4.55. The van der Waals surface area contributed by atoms with E-state index in [0.29, 0.717) is 35.1 Å². The van der Waals surface area contributed by atoms with Gasteiger partial charge in [-0.3, -0.25) is 9.59 Å². The molecule has 0 aliphatic carbocycles. The van der Waals surface area contributed by atoms with Gasteiger partial charge in [-0.1, -0.05) is 35.1 Å². The van der Waals surface area contributed by atoms with Crippen molar-refractivity contribution < 1.29 is 14.3 Å². The molecule has 31 heavy (non-hydrogen) atoms. The smallest absolute Gasteiger partial charge is 0.286 e. The predicted octanol–water partition coefficient (Wildman–Crippen LogP) is 4.47. The first-order chi connectivity index (χ1) is 15.0. The number of piperidine rings is 1. The lowest BCUT2D eigenvalue weighted by Crippen LogP contribution is -2.39. The molecule has 1 N–H and O–H groups in total. The van der Waals surface area contributed by atoms with Crippen LogP contribution in [0.25, 0.3) is 0 Å². The number of hydrogen-bond acceptors (Lipinski definition) is 6. The molecule has 1 atom stereocenters. The van der Waals surface area contributed by atoms with Gasteiger partial charge in [0.1, 0.15) is 10.8 Å². The first-order valence-corrected chi connectivity index (χ1v) is 11.1. The molecule has 1 aromatic heterocycles. The molecule has 0 bridgehead atoms. The van der Waals surface area contributed by atoms with Gasteiger partial charge in [0.15, 0.2) is 0 Å². The standard InChI is InChI=1S/C22H21ClN4O3S/c1-30-18-7-3-2-6-17(18)22(29)27-12-4-5-14(13-27)20-25-26-21(31-20)19(28)24-16-10-8-15(23)9-11-16/h2-3,6-11,14H,4-5,12-13H2,1H3,(H,24,28)/t14-/m0/s1. The number of anilines is 1. The van der Waals surface area contributed by atoms with Gasteiger partial charge < -0.3 is 15.0 Å². The van der Waals surface area contributed by atoms with E-state index in [1.807, 2.05) is 17.0 Å². The Morgan fingerprint density at radius 1 is 1.16 bits per heavy atom. The number of carbonyl (C=O) groups is 2. The monoisotopic (exact) mass is 456 g/mol. The lowest BCUT2D eigenvalue weighted by Gasteiger charge is -2.32. The Hall–Kier alpha value is -2.97. The molecule has 2 aromatic carbocycles. The van der Waals surface area contributed by atoms with Crippen molar-refractivity contribution in [2.75, 3.05) is 25.5 Å². The molecule has 160 valence electrons. The maximum atomic E-state index is 13.0. The highest BCUT2D eigenvalue weighted by atomic mass is 35.5. The molecule has 9 heteroatoms. The third kappa shape index (κ3) is 4.86. The molecule has 2 heterocycles. The second-order valence-electron chi connectivity index (χ2n) is 7.20. The number of aromatic nitrogens is 2. The topological polar surface area (TPSA) is 84.4 Å². The third-order valence-corrected chi connectivity index (χ3v) is 6.47. The second-order valence-corrected chi connectivity index (χ2v) is 8.64. The number of amides is 2. The van der Waals surface area contributed by atoms with Crippen LogP contribution in [0, 0.1) is 0 Å². The molecule has 0 radical (unpaired) electrons. The van der Waals surface area contributed by atoms with Crippen molar-refractivity contribution in [2.45, 2.75) is 18.8 Å². The number of nitrogens with zero attached hydrogens (tertiary/aromatic N) is 3. The van der Waals surface area contributed by atoms with Crippen LogP contribution in [0.15, 0.2) is 48.5 Å². The Balaban J connectivity index is 1.44. The SMILES string of the molecule is COc1ccccc1C(=O)N1CCC[C@H](c2nnc(C(=O)Nc3ccc(Cl)cc3)s2)C1. The number of likely N-dealkylation sites (tertiary alicyclic amines) is 1. The van der Waals surface area contributed by atoms with Gasteiger partial charge in [-0.2, -0.15) is 0 Å². The zero-order valence-electron chi connectivity index (χ0n) is 16.9. The second kappa shape index (κ2) is 9.45. The molecule has 0 unspecified atom stereocenters. The first kappa shape index (κ1) is 21.3. The summed E-state index contributed by atoms with van der Waals surface area (Å²) in [7, 11) is 1.56. The predicted molar refractivity (Wildman–Crippen MR) is 120 cm³/mol. The Morgan fingerprint density at radius 2 is 1.94 bits per heavy atom. The fraction of sp³-hybridized carbons (Fsp3) is 0.273. The molecular weight excluding hydrogens is 436 g/mol. The van der Waals surface area contributed by atoms with Gasteiger partial charge in [0.05, 0.1) is 12.7 Å². The third-order valence-electron chi connectivity index (χ3n) is 5.13.